The van der Waals surface area contributed by atoms with Crippen molar-refractivity contribution in [1.82, 2.24) is 5.32 Å². The minimum atomic E-state index is -0.490. The van der Waals surface area contributed by atoms with Crippen LogP contribution in [0.2, 0.25) is 0 Å². The van der Waals surface area contributed by atoms with E-state index in [1.165, 1.54) is 26.3 Å². The van der Waals surface area contributed by atoms with Gasteiger partial charge in [-0.2, -0.15) is 0 Å². The smallest absolute Gasteiger partial charge is 0.287 e. The highest BCUT2D eigenvalue weighted by atomic mass is 16.5. The molecule has 184 valence electrons. The van der Waals surface area contributed by atoms with Gasteiger partial charge in [-0.05, 0) is 62.8 Å². The van der Waals surface area contributed by atoms with Gasteiger partial charge < -0.3 is 20.1 Å². The lowest BCUT2D eigenvalue weighted by molar-refractivity contribution is -0.137. The SMILES string of the molecule is CNC(=O)C(=O)CCCCC/C=C\CCCCCCCOCC(=O)Nc1ccc(OC)cc1. The first kappa shape index (κ1) is 28.4. The number of benzene rings is 1. The summed E-state index contributed by atoms with van der Waals surface area (Å²) in [5.74, 6) is -0.211. The second kappa shape index (κ2) is 18.9. The van der Waals surface area contributed by atoms with Gasteiger partial charge >= 0.3 is 0 Å². The zero-order chi connectivity index (χ0) is 24.2. The Kier molecular flexibility index (Phi) is 16.2. The fraction of sp³-hybridized carbons (Fsp3) is 0.577. The molecule has 0 saturated heterocycles. The molecular weight excluding hydrogens is 420 g/mol. The van der Waals surface area contributed by atoms with Gasteiger partial charge in [0.05, 0.1) is 7.11 Å². The fourth-order valence-electron chi connectivity index (χ4n) is 3.25. The molecule has 2 N–H and O–H groups in total. The Labute approximate surface area is 198 Å². The van der Waals surface area contributed by atoms with Crippen LogP contribution in [-0.4, -0.2) is 45.0 Å². The van der Waals surface area contributed by atoms with Crippen LogP contribution >= 0.6 is 0 Å². The van der Waals surface area contributed by atoms with E-state index < -0.39 is 5.91 Å². The maximum atomic E-state index is 11.9. The molecule has 0 aliphatic carbocycles. The fourth-order valence-corrected chi connectivity index (χ4v) is 3.25. The Bertz CT molecular complexity index is 716. The molecule has 0 heterocycles. The first-order chi connectivity index (χ1) is 16.1. The normalized spacial score (nSPS) is 10.8. The number of hydrogen-bond acceptors (Lipinski definition) is 5. The van der Waals surface area contributed by atoms with E-state index >= 15 is 0 Å². The van der Waals surface area contributed by atoms with Crippen LogP contribution in [0.1, 0.15) is 70.6 Å². The monoisotopic (exact) mass is 460 g/mol. The Morgan fingerprint density at radius 3 is 2.09 bits per heavy atom. The van der Waals surface area contributed by atoms with Gasteiger partial charge in [-0.15, -0.1) is 0 Å². The molecule has 0 aliphatic rings. The molecule has 0 spiro atoms. The predicted octanol–water partition coefficient (Wildman–Crippen LogP) is 4.81. The Hall–Kier alpha value is -2.67. The molecule has 0 fully saturated rings. The summed E-state index contributed by atoms with van der Waals surface area (Å²) in [7, 11) is 3.09. The van der Waals surface area contributed by atoms with E-state index in [0.717, 1.165) is 56.4 Å². The number of carbonyl (C=O) groups is 3. The number of Topliss-reactive ketones (excluding diaryl/α,β-unsaturated/α-hetero) is 1. The van der Waals surface area contributed by atoms with Gasteiger partial charge in [-0.25, -0.2) is 0 Å². The number of hydrogen-bond donors (Lipinski definition) is 2. The van der Waals surface area contributed by atoms with Crippen LogP contribution in [0.4, 0.5) is 5.69 Å². The maximum Gasteiger partial charge on any atom is 0.287 e. The molecule has 1 aromatic carbocycles. The van der Waals surface area contributed by atoms with Crippen LogP contribution in [0.15, 0.2) is 36.4 Å². The highest BCUT2D eigenvalue weighted by Gasteiger charge is 2.09. The number of nitrogens with one attached hydrogen (secondary N) is 2. The van der Waals surface area contributed by atoms with Gasteiger partial charge in [0.2, 0.25) is 11.7 Å². The summed E-state index contributed by atoms with van der Waals surface area (Å²) in [6, 6.07) is 7.20. The first-order valence-electron chi connectivity index (χ1n) is 12.0. The van der Waals surface area contributed by atoms with Crippen molar-refractivity contribution in [3.63, 3.8) is 0 Å². The van der Waals surface area contributed by atoms with Crippen LogP contribution < -0.4 is 15.4 Å². The third-order valence-corrected chi connectivity index (χ3v) is 5.19. The van der Waals surface area contributed by atoms with E-state index in [9.17, 15) is 14.4 Å². The minimum Gasteiger partial charge on any atom is -0.497 e. The van der Waals surface area contributed by atoms with Crippen molar-refractivity contribution in [3.8, 4) is 5.75 Å². The van der Waals surface area contributed by atoms with E-state index in [-0.39, 0.29) is 18.3 Å². The van der Waals surface area contributed by atoms with Crippen LogP contribution in [0.3, 0.4) is 0 Å². The highest BCUT2D eigenvalue weighted by Crippen LogP contribution is 2.15. The molecule has 0 aromatic heterocycles. The number of allylic oxidation sites excluding steroid dienone is 2. The van der Waals surface area contributed by atoms with E-state index in [4.69, 9.17) is 9.47 Å². The summed E-state index contributed by atoms with van der Waals surface area (Å²) in [5.41, 5.74) is 0.729. The van der Waals surface area contributed by atoms with Crippen molar-refractivity contribution >= 4 is 23.3 Å². The van der Waals surface area contributed by atoms with Crippen LogP contribution in [0.5, 0.6) is 5.75 Å². The summed E-state index contributed by atoms with van der Waals surface area (Å²) in [5, 5.41) is 5.16. The van der Waals surface area contributed by atoms with Gasteiger partial charge in [0.15, 0.2) is 0 Å². The van der Waals surface area contributed by atoms with Gasteiger partial charge in [0, 0.05) is 25.8 Å². The second-order valence-electron chi connectivity index (χ2n) is 7.96. The summed E-state index contributed by atoms with van der Waals surface area (Å²) in [6.45, 7) is 0.672. The Morgan fingerprint density at radius 2 is 1.45 bits per heavy atom. The number of likely N-dealkylation sites (N-methyl/N-ethyl adjacent to an activating group) is 1. The average Bonchev–Trinajstić information content (AvgIpc) is 2.83. The van der Waals surface area contributed by atoms with Crippen molar-refractivity contribution in [3.05, 3.63) is 36.4 Å². The zero-order valence-electron chi connectivity index (χ0n) is 20.2. The molecule has 0 unspecified atom stereocenters. The summed E-state index contributed by atoms with van der Waals surface area (Å²) >= 11 is 0. The predicted molar refractivity (Wildman–Crippen MR) is 131 cm³/mol. The van der Waals surface area contributed by atoms with Gasteiger partial charge in [-0.1, -0.05) is 37.8 Å². The van der Waals surface area contributed by atoms with Gasteiger partial charge in [0.25, 0.3) is 5.91 Å². The lowest BCUT2D eigenvalue weighted by Gasteiger charge is -2.07. The molecule has 0 bridgehead atoms. The van der Waals surface area contributed by atoms with E-state index in [2.05, 4.69) is 22.8 Å². The minimum absolute atomic E-state index is 0.0706. The third-order valence-electron chi connectivity index (χ3n) is 5.19. The van der Waals surface area contributed by atoms with Crippen LogP contribution in [-0.2, 0) is 19.1 Å². The van der Waals surface area contributed by atoms with Gasteiger partial charge in [-0.3, -0.25) is 14.4 Å². The van der Waals surface area contributed by atoms with E-state index in [1.54, 1.807) is 31.4 Å². The quantitative estimate of drug-likeness (QED) is 0.175. The maximum absolute atomic E-state index is 11.9. The number of methoxy groups -OCH3 is 1. The molecule has 2 amide bonds. The number of anilines is 1. The Morgan fingerprint density at radius 1 is 0.848 bits per heavy atom. The van der Waals surface area contributed by atoms with Crippen molar-refractivity contribution in [1.29, 1.82) is 0 Å². The van der Waals surface area contributed by atoms with Gasteiger partial charge in [0.1, 0.15) is 12.4 Å². The number of amides is 2. The molecule has 0 saturated carbocycles. The molecule has 7 nitrogen and oxygen atoms in total. The molecule has 0 radical (unpaired) electrons. The number of ether oxygens (including phenoxy) is 2. The molecule has 1 aromatic rings. The number of unbranched alkanes of at least 4 members (excludes halogenated alkanes) is 8. The molecule has 1 rings (SSSR count). The topological polar surface area (TPSA) is 93.7 Å². The number of rotatable bonds is 19. The molecule has 0 aliphatic heterocycles. The lowest BCUT2D eigenvalue weighted by Crippen LogP contribution is -2.27. The van der Waals surface area contributed by atoms with Crippen molar-refractivity contribution in [2.45, 2.75) is 70.6 Å². The van der Waals surface area contributed by atoms with Crippen molar-refractivity contribution in [2.24, 2.45) is 0 Å². The summed E-state index contributed by atoms with van der Waals surface area (Å²) in [4.78, 5) is 34.3. The average molecular weight is 461 g/mol. The van der Waals surface area contributed by atoms with Crippen LogP contribution in [0.25, 0.3) is 0 Å². The molecular formula is C26H40N2O5. The zero-order valence-corrected chi connectivity index (χ0v) is 20.2. The number of carbonyl (C=O) groups excluding carboxylic acids is 3. The van der Waals surface area contributed by atoms with E-state index in [1.807, 2.05) is 0 Å². The largest absolute Gasteiger partial charge is 0.497 e. The molecule has 7 heteroatoms. The van der Waals surface area contributed by atoms with Crippen LogP contribution in [0, 0.1) is 0 Å². The lowest BCUT2D eigenvalue weighted by atomic mass is 10.1. The Balaban J connectivity index is 1.86. The third kappa shape index (κ3) is 14.9. The number of ketones is 1. The summed E-state index contributed by atoms with van der Waals surface area (Å²) in [6.07, 6.45) is 15.3. The van der Waals surface area contributed by atoms with Crippen molar-refractivity contribution in [2.75, 3.05) is 32.7 Å². The molecule has 33 heavy (non-hydrogen) atoms. The standard InChI is InChI=1S/C26H40N2O5/c1-27-26(31)24(29)15-13-11-9-7-5-3-4-6-8-10-12-14-20-33-21-25(30)28-22-16-18-23(32-2)19-17-22/h3,5,16-19H,4,6-15,20-21H2,1-2H3,(H,27,31)(H,28,30)/b5-3-. The molecule has 0 atom stereocenters. The first-order valence-corrected chi connectivity index (χ1v) is 12.0. The highest BCUT2D eigenvalue weighted by molar-refractivity contribution is 6.36. The second-order valence-corrected chi connectivity index (χ2v) is 7.96. The van der Waals surface area contributed by atoms with E-state index in [0.29, 0.717) is 13.0 Å². The van der Waals surface area contributed by atoms with Crippen molar-refractivity contribution < 1.29 is 23.9 Å². The summed E-state index contributed by atoms with van der Waals surface area (Å²) < 4.78 is 10.5.